The number of rotatable bonds is 14. The lowest BCUT2D eigenvalue weighted by atomic mass is 10.0. The minimum atomic E-state index is -0.957. The highest BCUT2D eigenvalue weighted by Gasteiger charge is 2.17. The third kappa shape index (κ3) is 8.48. The average Bonchev–Trinajstić information content (AvgIpc) is 2.88. The molecule has 36 heavy (non-hydrogen) atoms. The fourth-order valence-corrected chi connectivity index (χ4v) is 3.47. The molecule has 0 unspecified atom stereocenters. The quantitative estimate of drug-likeness (QED) is 0.102. The summed E-state index contributed by atoms with van der Waals surface area (Å²) in [6.07, 6.45) is 9.93. The van der Waals surface area contributed by atoms with Crippen LogP contribution in [-0.2, 0) is 4.79 Å². The highest BCUT2D eigenvalue weighted by Crippen LogP contribution is 2.30. The van der Waals surface area contributed by atoms with Gasteiger partial charge < -0.3 is 14.2 Å². The molecule has 7 heteroatoms. The van der Waals surface area contributed by atoms with Crippen LogP contribution in [0.3, 0.4) is 0 Å². The molecule has 0 aliphatic carbocycles. The van der Waals surface area contributed by atoms with Gasteiger partial charge in [-0.15, -0.1) is 0 Å². The second kappa shape index (κ2) is 14.0. The van der Waals surface area contributed by atoms with E-state index in [0.29, 0.717) is 30.1 Å². The number of pyridine rings is 1. The molecule has 0 spiro atoms. The van der Waals surface area contributed by atoms with Gasteiger partial charge in [0.15, 0.2) is 11.6 Å². The summed E-state index contributed by atoms with van der Waals surface area (Å²) in [4.78, 5) is 15.6. The zero-order valence-electron chi connectivity index (χ0n) is 20.5. The summed E-state index contributed by atoms with van der Waals surface area (Å²) in [6.45, 7) is 6.12. The standard InChI is InChI=1S/C29H31F2NO4/c1-21(2)29(33)36-28-26(30)18-23(19-27(28)31)22-11-13-24(14-12-22)34-16-7-5-3-4-6-8-17-35-25-10-9-15-32-20-25/h9-15,18-20H,1,3-8,16-17H2,2H3. The maximum absolute atomic E-state index is 14.3. The minimum absolute atomic E-state index is 0.0521. The Hall–Kier alpha value is -3.74. The molecule has 190 valence electrons. The molecule has 0 bridgehead atoms. The van der Waals surface area contributed by atoms with Crippen LogP contribution >= 0.6 is 0 Å². The van der Waals surface area contributed by atoms with Gasteiger partial charge in [0.1, 0.15) is 11.5 Å². The van der Waals surface area contributed by atoms with Crippen molar-refractivity contribution in [2.24, 2.45) is 0 Å². The Morgan fingerprint density at radius 2 is 1.42 bits per heavy atom. The molecular weight excluding hydrogens is 464 g/mol. The van der Waals surface area contributed by atoms with E-state index >= 15 is 0 Å². The number of carbonyl (C=O) groups excluding carboxylic acids is 1. The first kappa shape index (κ1) is 26.9. The number of benzene rings is 2. The summed E-state index contributed by atoms with van der Waals surface area (Å²) >= 11 is 0. The van der Waals surface area contributed by atoms with Gasteiger partial charge in [-0.05, 0) is 67.3 Å². The van der Waals surface area contributed by atoms with E-state index in [4.69, 9.17) is 14.2 Å². The predicted molar refractivity (Wildman–Crippen MR) is 135 cm³/mol. The van der Waals surface area contributed by atoms with Crippen LogP contribution in [0.2, 0.25) is 0 Å². The van der Waals surface area contributed by atoms with E-state index in [1.165, 1.54) is 6.92 Å². The van der Waals surface area contributed by atoms with E-state index in [1.54, 1.807) is 36.7 Å². The van der Waals surface area contributed by atoms with Crippen LogP contribution in [0.1, 0.15) is 45.4 Å². The maximum atomic E-state index is 14.3. The molecule has 5 nitrogen and oxygen atoms in total. The van der Waals surface area contributed by atoms with Crippen LogP contribution in [0.4, 0.5) is 8.78 Å². The van der Waals surface area contributed by atoms with Crippen molar-refractivity contribution >= 4 is 5.97 Å². The Kier molecular flexibility index (Phi) is 10.4. The molecule has 1 heterocycles. The van der Waals surface area contributed by atoms with Crippen LogP contribution in [0.25, 0.3) is 11.1 Å². The largest absolute Gasteiger partial charge is 0.494 e. The van der Waals surface area contributed by atoms with Crippen molar-refractivity contribution in [1.82, 2.24) is 4.98 Å². The number of unbranched alkanes of at least 4 members (excludes halogenated alkanes) is 5. The number of hydrogen-bond donors (Lipinski definition) is 0. The van der Waals surface area contributed by atoms with Crippen LogP contribution in [0.5, 0.6) is 17.2 Å². The van der Waals surface area contributed by atoms with Crippen molar-refractivity contribution in [3.05, 3.63) is 84.7 Å². The lowest BCUT2D eigenvalue weighted by Crippen LogP contribution is -2.10. The van der Waals surface area contributed by atoms with Crippen LogP contribution in [0, 0.1) is 11.6 Å². The molecule has 3 aromatic rings. The van der Waals surface area contributed by atoms with Gasteiger partial charge in [-0.3, -0.25) is 4.98 Å². The van der Waals surface area contributed by atoms with Crippen LogP contribution < -0.4 is 14.2 Å². The van der Waals surface area contributed by atoms with Gasteiger partial charge >= 0.3 is 5.97 Å². The van der Waals surface area contributed by atoms with Gasteiger partial charge in [-0.2, -0.15) is 0 Å². The lowest BCUT2D eigenvalue weighted by molar-refractivity contribution is -0.130. The number of esters is 1. The average molecular weight is 496 g/mol. The van der Waals surface area contributed by atoms with E-state index in [1.807, 2.05) is 12.1 Å². The lowest BCUT2D eigenvalue weighted by Gasteiger charge is -2.10. The first-order valence-corrected chi connectivity index (χ1v) is 12.1. The van der Waals surface area contributed by atoms with Crippen LogP contribution in [0.15, 0.2) is 73.1 Å². The van der Waals surface area contributed by atoms with Crippen molar-refractivity contribution < 1.29 is 27.8 Å². The van der Waals surface area contributed by atoms with E-state index in [-0.39, 0.29) is 5.57 Å². The zero-order valence-corrected chi connectivity index (χ0v) is 20.5. The summed E-state index contributed by atoms with van der Waals surface area (Å²) in [7, 11) is 0. The molecule has 0 N–H and O–H groups in total. The van der Waals surface area contributed by atoms with Gasteiger partial charge in [-0.1, -0.05) is 44.4 Å². The third-order valence-electron chi connectivity index (χ3n) is 5.44. The Balaban J connectivity index is 1.34. The predicted octanol–water partition coefficient (Wildman–Crippen LogP) is 7.31. The normalized spacial score (nSPS) is 10.6. The highest BCUT2D eigenvalue weighted by molar-refractivity contribution is 5.88. The summed E-state index contributed by atoms with van der Waals surface area (Å²) in [6, 6.07) is 13.0. The Morgan fingerprint density at radius 1 is 0.833 bits per heavy atom. The number of nitrogens with zero attached hydrogens (tertiary/aromatic N) is 1. The molecule has 0 aliphatic heterocycles. The Morgan fingerprint density at radius 3 is 1.97 bits per heavy atom. The van der Waals surface area contributed by atoms with Crippen molar-refractivity contribution in [3.63, 3.8) is 0 Å². The summed E-state index contributed by atoms with van der Waals surface area (Å²) < 4.78 is 44.9. The second-order valence-electron chi connectivity index (χ2n) is 8.47. The molecule has 3 rings (SSSR count). The topological polar surface area (TPSA) is 57.7 Å². The zero-order chi connectivity index (χ0) is 25.8. The second-order valence-corrected chi connectivity index (χ2v) is 8.47. The molecule has 0 fully saturated rings. The molecular formula is C29H31F2NO4. The summed E-state index contributed by atoms with van der Waals surface area (Å²) in [5.74, 6) is -2.03. The highest BCUT2D eigenvalue weighted by atomic mass is 19.1. The van der Waals surface area contributed by atoms with Gasteiger partial charge in [0.25, 0.3) is 0 Å². The van der Waals surface area contributed by atoms with Gasteiger partial charge in [0, 0.05) is 11.8 Å². The monoisotopic (exact) mass is 495 g/mol. The molecule has 0 saturated heterocycles. The number of carbonyl (C=O) groups is 1. The van der Waals surface area contributed by atoms with Gasteiger partial charge in [0.05, 0.1) is 19.4 Å². The first-order chi connectivity index (χ1) is 17.4. The molecule has 2 aromatic carbocycles. The molecule has 0 atom stereocenters. The van der Waals surface area contributed by atoms with E-state index in [9.17, 15) is 13.6 Å². The number of halogens is 2. The Labute approximate surface area is 210 Å². The molecule has 0 saturated carbocycles. The van der Waals surface area contributed by atoms with Crippen molar-refractivity contribution in [2.45, 2.75) is 45.4 Å². The maximum Gasteiger partial charge on any atom is 0.338 e. The molecule has 0 aliphatic rings. The van der Waals surface area contributed by atoms with Gasteiger partial charge in [-0.25, -0.2) is 13.6 Å². The summed E-state index contributed by atoms with van der Waals surface area (Å²) in [5.41, 5.74) is 0.999. The Bertz CT molecular complexity index is 1110. The van der Waals surface area contributed by atoms with Crippen molar-refractivity contribution in [3.8, 4) is 28.4 Å². The number of ether oxygens (including phenoxy) is 3. The SMILES string of the molecule is C=C(C)C(=O)Oc1c(F)cc(-c2ccc(OCCCCCCCCOc3cccnc3)cc2)cc1F. The van der Waals surface area contributed by atoms with Gasteiger partial charge in [0.2, 0.25) is 5.75 Å². The van der Waals surface area contributed by atoms with E-state index < -0.39 is 23.4 Å². The smallest absolute Gasteiger partial charge is 0.338 e. The third-order valence-corrected chi connectivity index (χ3v) is 5.44. The van der Waals surface area contributed by atoms with Crippen molar-refractivity contribution in [2.75, 3.05) is 13.2 Å². The summed E-state index contributed by atoms with van der Waals surface area (Å²) in [5, 5.41) is 0. The number of aromatic nitrogens is 1. The fourth-order valence-electron chi connectivity index (χ4n) is 3.47. The minimum Gasteiger partial charge on any atom is -0.494 e. The molecule has 1 aromatic heterocycles. The molecule has 0 amide bonds. The van der Waals surface area contributed by atoms with E-state index in [2.05, 4.69) is 11.6 Å². The fraction of sp³-hybridized carbons (Fsp3) is 0.310. The molecule has 0 radical (unpaired) electrons. The number of hydrogen-bond acceptors (Lipinski definition) is 5. The first-order valence-electron chi connectivity index (χ1n) is 12.1. The van der Waals surface area contributed by atoms with E-state index in [0.717, 1.165) is 56.4 Å². The van der Waals surface area contributed by atoms with Crippen LogP contribution in [-0.4, -0.2) is 24.2 Å². The van der Waals surface area contributed by atoms with Crippen molar-refractivity contribution in [1.29, 1.82) is 0 Å².